The lowest BCUT2D eigenvalue weighted by molar-refractivity contribution is -0.144. The number of carbonyl (C=O) groups is 2. The van der Waals surface area contributed by atoms with Crippen LogP contribution in [0.5, 0.6) is 0 Å². The number of likely N-dealkylation sites (tertiary alicyclic amines) is 1. The number of aliphatic hydroxyl groups is 1. The molecule has 2 amide bonds. The fourth-order valence-electron chi connectivity index (χ4n) is 5.45. The average Bonchev–Trinajstić information content (AvgIpc) is 3.20. The minimum Gasteiger partial charge on any atom is -0.391 e. The molecule has 3 heterocycles. The fourth-order valence-corrected chi connectivity index (χ4v) is 5.45. The molecule has 0 aromatic carbocycles. The molecule has 0 spiro atoms. The first-order valence-corrected chi connectivity index (χ1v) is 12.3. The lowest BCUT2D eigenvalue weighted by Crippen LogP contribution is -2.52. The maximum atomic E-state index is 13.9. The highest BCUT2D eigenvalue weighted by Gasteiger charge is 2.46. The van der Waals surface area contributed by atoms with Crippen LogP contribution in [0.4, 0.5) is 0 Å². The summed E-state index contributed by atoms with van der Waals surface area (Å²) in [5.74, 6) is -0.000295. The summed E-state index contributed by atoms with van der Waals surface area (Å²) in [5, 5.41) is 30.0. The first-order chi connectivity index (χ1) is 16.2. The highest BCUT2D eigenvalue weighted by atomic mass is 16.3. The van der Waals surface area contributed by atoms with E-state index in [1.54, 1.807) is 17.3 Å². The molecular weight excluding hydrogens is 436 g/mol. The molecule has 0 radical (unpaired) electrons. The van der Waals surface area contributed by atoms with E-state index < -0.39 is 23.6 Å². The van der Waals surface area contributed by atoms with E-state index in [0.29, 0.717) is 5.92 Å². The molecule has 0 bridgehead atoms. The lowest BCUT2D eigenvalue weighted by atomic mass is 9.85. The number of hydrogen-bond donors (Lipinski definition) is 2. The topological polar surface area (TPSA) is 131 Å². The number of aliphatic hydroxyl groups excluding tert-OH is 1. The smallest absolute Gasteiger partial charge is 0.248 e. The molecule has 34 heavy (non-hydrogen) atoms. The number of β-amino-alcohol motifs (C(OH)–C–C–N with tert-alkyl or cyclic N) is 1. The van der Waals surface area contributed by atoms with E-state index in [4.69, 9.17) is 0 Å². The van der Waals surface area contributed by atoms with Crippen molar-refractivity contribution in [1.29, 1.82) is 0 Å². The van der Waals surface area contributed by atoms with Crippen molar-refractivity contribution < 1.29 is 14.7 Å². The molecule has 3 fully saturated rings. The van der Waals surface area contributed by atoms with Crippen LogP contribution < -0.4 is 5.32 Å². The molecule has 1 aliphatic heterocycles. The van der Waals surface area contributed by atoms with Crippen molar-refractivity contribution in [3.05, 3.63) is 24.5 Å². The van der Waals surface area contributed by atoms with Crippen LogP contribution >= 0.6 is 0 Å². The minimum atomic E-state index is -0.740. The van der Waals surface area contributed by atoms with Gasteiger partial charge in [-0.3, -0.25) is 9.59 Å². The van der Waals surface area contributed by atoms with Crippen LogP contribution in [0.25, 0.3) is 0 Å². The summed E-state index contributed by atoms with van der Waals surface area (Å²) in [5.41, 5.74) is 0.463. The highest BCUT2D eigenvalue weighted by molar-refractivity contribution is 5.90. The average molecular weight is 471 g/mol. The maximum Gasteiger partial charge on any atom is 0.248 e. The Hall–Kier alpha value is -2.82. The summed E-state index contributed by atoms with van der Waals surface area (Å²) < 4.78 is 3.58. The van der Waals surface area contributed by atoms with Crippen molar-refractivity contribution >= 4 is 11.8 Å². The van der Waals surface area contributed by atoms with Gasteiger partial charge in [-0.25, -0.2) is 4.68 Å². The third-order valence-electron chi connectivity index (χ3n) is 7.33. The van der Waals surface area contributed by atoms with Gasteiger partial charge >= 0.3 is 0 Å². The molecular formula is C23H34N8O3. The molecule has 11 heteroatoms. The van der Waals surface area contributed by atoms with E-state index in [2.05, 4.69) is 25.8 Å². The number of nitrogens with one attached hydrogen (secondary N) is 1. The summed E-state index contributed by atoms with van der Waals surface area (Å²) in [4.78, 5) is 28.8. The third-order valence-corrected chi connectivity index (χ3v) is 7.33. The van der Waals surface area contributed by atoms with Crippen LogP contribution in [0, 0.1) is 5.41 Å². The molecule has 0 unspecified atom stereocenters. The van der Waals surface area contributed by atoms with Gasteiger partial charge in [-0.1, -0.05) is 26.0 Å². The van der Waals surface area contributed by atoms with Gasteiger partial charge in [0.05, 0.1) is 17.8 Å². The zero-order chi connectivity index (χ0) is 24.0. The second-order valence-corrected chi connectivity index (χ2v) is 11.1. The van der Waals surface area contributed by atoms with Crippen molar-refractivity contribution in [2.24, 2.45) is 5.41 Å². The number of nitrogens with zero attached hydrogens (tertiary/aromatic N) is 7. The molecule has 184 valence electrons. The van der Waals surface area contributed by atoms with Gasteiger partial charge in [0, 0.05) is 31.1 Å². The molecule has 2 aliphatic carbocycles. The van der Waals surface area contributed by atoms with Crippen molar-refractivity contribution in [3.8, 4) is 0 Å². The van der Waals surface area contributed by atoms with E-state index in [9.17, 15) is 14.7 Å². The fraction of sp³-hybridized carbons (Fsp3) is 0.739. The SMILES string of the molecule is CC(C)(C)[C@@H](C(=O)N1C[C@H](O)C[C@H]1C(=O)N[C@@H]1CCC[C@@H]1n1cnnc1)n1cc(C2CC2)nn1. The van der Waals surface area contributed by atoms with Gasteiger partial charge in [-0.15, -0.1) is 15.3 Å². The number of carbonyl (C=O) groups excluding carboxylic acids is 2. The summed E-state index contributed by atoms with van der Waals surface area (Å²) in [6.45, 7) is 6.08. The summed E-state index contributed by atoms with van der Waals surface area (Å²) in [6.07, 6.45) is 9.68. The van der Waals surface area contributed by atoms with E-state index >= 15 is 0 Å². The van der Waals surface area contributed by atoms with Gasteiger partial charge in [-0.05, 0) is 37.5 Å². The predicted molar refractivity (Wildman–Crippen MR) is 121 cm³/mol. The van der Waals surface area contributed by atoms with E-state index in [1.807, 2.05) is 31.5 Å². The first-order valence-electron chi connectivity index (χ1n) is 12.3. The summed E-state index contributed by atoms with van der Waals surface area (Å²) >= 11 is 0. The first kappa shape index (κ1) is 22.9. The molecule has 2 aromatic rings. The quantitative estimate of drug-likeness (QED) is 0.649. The Morgan fingerprint density at radius 3 is 2.56 bits per heavy atom. The Morgan fingerprint density at radius 2 is 1.88 bits per heavy atom. The van der Waals surface area contributed by atoms with E-state index in [1.165, 1.54) is 4.90 Å². The molecule has 3 aliphatic rings. The Kier molecular flexibility index (Phi) is 5.91. The number of aromatic nitrogens is 6. The van der Waals surface area contributed by atoms with Crippen LogP contribution in [-0.2, 0) is 9.59 Å². The molecule has 11 nitrogen and oxygen atoms in total. The van der Waals surface area contributed by atoms with Gasteiger partial charge in [-0.2, -0.15) is 0 Å². The van der Waals surface area contributed by atoms with Gasteiger partial charge in [0.1, 0.15) is 24.7 Å². The largest absolute Gasteiger partial charge is 0.391 e. The van der Waals surface area contributed by atoms with Crippen molar-refractivity contribution in [2.45, 2.75) is 95.5 Å². The zero-order valence-corrected chi connectivity index (χ0v) is 20.0. The van der Waals surface area contributed by atoms with Crippen LogP contribution in [0.3, 0.4) is 0 Å². The van der Waals surface area contributed by atoms with Crippen LogP contribution in [0.1, 0.15) is 83.0 Å². The predicted octanol–water partition coefficient (Wildman–Crippen LogP) is 1.21. The second-order valence-electron chi connectivity index (χ2n) is 11.1. The number of rotatable bonds is 6. The molecule has 2 N–H and O–H groups in total. The van der Waals surface area contributed by atoms with Crippen molar-refractivity contribution in [2.75, 3.05) is 6.54 Å². The molecule has 1 saturated heterocycles. The van der Waals surface area contributed by atoms with Gasteiger partial charge in [0.25, 0.3) is 0 Å². The lowest BCUT2D eigenvalue weighted by Gasteiger charge is -2.35. The zero-order valence-electron chi connectivity index (χ0n) is 20.0. The Morgan fingerprint density at radius 1 is 1.15 bits per heavy atom. The maximum absolute atomic E-state index is 13.9. The monoisotopic (exact) mass is 470 g/mol. The molecule has 5 rings (SSSR count). The Bertz CT molecular complexity index is 1030. The Labute approximate surface area is 198 Å². The van der Waals surface area contributed by atoms with E-state index in [0.717, 1.165) is 37.8 Å². The Balaban J connectivity index is 1.34. The van der Waals surface area contributed by atoms with Crippen LogP contribution in [0.15, 0.2) is 18.9 Å². The summed E-state index contributed by atoms with van der Waals surface area (Å²) in [7, 11) is 0. The molecule has 2 aromatic heterocycles. The van der Waals surface area contributed by atoms with E-state index in [-0.39, 0.29) is 36.9 Å². The summed E-state index contributed by atoms with van der Waals surface area (Å²) in [6, 6.07) is -1.31. The molecule has 2 saturated carbocycles. The van der Waals surface area contributed by atoms with Crippen molar-refractivity contribution in [3.63, 3.8) is 0 Å². The van der Waals surface area contributed by atoms with Crippen LogP contribution in [-0.4, -0.2) is 76.3 Å². The number of hydrogen-bond acceptors (Lipinski definition) is 7. The second kappa shape index (κ2) is 8.75. The van der Waals surface area contributed by atoms with Crippen molar-refractivity contribution in [1.82, 2.24) is 40.0 Å². The normalized spacial score (nSPS) is 28.3. The van der Waals surface area contributed by atoms with Gasteiger partial charge in [0.15, 0.2) is 0 Å². The van der Waals surface area contributed by atoms with Gasteiger partial charge in [0.2, 0.25) is 11.8 Å². The number of amides is 2. The van der Waals surface area contributed by atoms with Gasteiger partial charge < -0.3 is 19.9 Å². The highest BCUT2D eigenvalue weighted by Crippen LogP contribution is 2.40. The van der Waals surface area contributed by atoms with Crippen LogP contribution in [0.2, 0.25) is 0 Å². The third kappa shape index (κ3) is 4.45. The standard InChI is InChI=1S/C23H34N8O3/c1-23(2,3)20(31-11-17(27-28-31)14-7-8-14)22(34)30-10-15(32)9-19(30)21(33)26-16-5-4-6-18(16)29-12-24-25-13-29/h11-16,18-20,32H,4-10H2,1-3H3,(H,26,33)/t15-,16-,18+,19+,20-/m1/s1. The molecule has 5 atom stereocenters. The minimum absolute atomic E-state index is 0.0620.